The van der Waals surface area contributed by atoms with Gasteiger partial charge in [0.25, 0.3) is 0 Å². The molecule has 7 aromatic carbocycles. The van der Waals surface area contributed by atoms with Crippen LogP contribution in [0.1, 0.15) is 22.3 Å². The highest BCUT2D eigenvalue weighted by atomic mass is 28.3. The van der Waals surface area contributed by atoms with E-state index in [0.29, 0.717) is 0 Å². The number of benzene rings is 7. The first-order valence-corrected chi connectivity index (χ1v) is 33.4. The Balaban J connectivity index is 1.70. The summed E-state index contributed by atoms with van der Waals surface area (Å²) in [7, 11) is -6.52. The smallest absolute Gasteiger partial charge is 0.0656 e. The Morgan fingerprint density at radius 3 is 0.759 bits per heavy atom. The molecule has 0 unspecified atom stereocenters. The molecule has 0 nitrogen and oxygen atoms in total. The molecule has 0 amide bonds. The van der Waals surface area contributed by atoms with Gasteiger partial charge in [-0.3, -0.25) is 0 Å². The average Bonchev–Trinajstić information content (AvgIpc) is 3.09. The molecule has 4 heteroatoms. The van der Waals surface area contributed by atoms with Gasteiger partial charge in [0.15, 0.2) is 0 Å². The molecule has 0 fully saturated rings. The zero-order valence-corrected chi connectivity index (χ0v) is 38.4. The van der Waals surface area contributed by atoms with Crippen molar-refractivity contribution >= 4 is 96.1 Å². The lowest BCUT2D eigenvalue weighted by atomic mass is 9.88. The highest BCUT2D eigenvalue weighted by Gasteiger charge is 2.30. The maximum absolute atomic E-state index is 3.77. The van der Waals surface area contributed by atoms with E-state index < -0.39 is 32.3 Å². The first kappa shape index (κ1) is 37.9. The van der Waals surface area contributed by atoms with E-state index in [1.807, 2.05) is 0 Å². The summed E-state index contributed by atoms with van der Waals surface area (Å²) in [5.41, 5.74) is 4.22. The molecule has 0 atom stereocenters. The number of fused-ring (bicyclic) bond motifs is 4. The number of rotatable bonds is 4. The van der Waals surface area contributed by atoms with E-state index in [2.05, 4.69) is 211 Å². The SMILES string of the molecule is C[Si](C)(C)c1cc2cc3c(C#Cc4ccccc4)c4cc5cc([Si](C)(C)C)c([Si](C)(C)C)cc5cc4c(C#Cc4ccccc4)c3cc2cc1[Si](C)(C)C. The molecular weight excluding hydrogens is 713 g/mol. The lowest BCUT2D eigenvalue weighted by Crippen LogP contribution is -2.56. The highest BCUT2D eigenvalue weighted by molar-refractivity contribution is 6.99. The predicted octanol–water partition coefficient (Wildman–Crippen LogP) is 11.3. The van der Waals surface area contributed by atoms with Crippen molar-refractivity contribution in [1.29, 1.82) is 0 Å². The van der Waals surface area contributed by atoms with E-state index in [9.17, 15) is 0 Å². The molecule has 0 bridgehead atoms. The van der Waals surface area contributed by atoms with Gasteiger partial charge in [0.1, 0.15) is 0 Å². The number of hydrogen-bond donors (Lipinski definition) is 0. The molecule has 7 rings (SSSR count). The summed E-state index contributed by atoms with van der Waals surface area (Å²) in [5, 5.41) is 16.3. The Morgan fingerprint density at radius 2 is 0.537 bits per heavy atom. The lowest BCUT2D eigenvalue weighted by molar-refractivity contribution is 1.64. The number of hydrogen-bond acceptors (Lipinski definition) is 0. The van der Waals surface area contributed by atoms with Crippen LogP contribution in [0, 0.1) is 23.7 Å². The molecule has 0 N–H and O–H groups in total. The average molecular weight is 767 g/mol. The third-order valence-corrected chi connectivity index (χ3v) is 19.4. The monoisotopic (exact) mass is 766 g/mol. The summed E-state index contributed by atoms with van der Waals surface area (Å²) in [6, 6.07) is 40.8. The van der Waals surface area contributed by atoms with Crippen LogP contribution in [0.2, 0.25) is 78.6 Å². The normalized spacial score (nSPS) is 12.5. The van der Waals surface area contributed by atoms with Crippen molar-refractivity contribution in [2.45, 2.75) is 78.6 Å². The summed E-state index contributed by atoms with van der Waals surface area (Å²) in [4.78, 5) is 0. The van der Waals surface area contributed by atoms with Crippen LogP contribution in [0.15, 0.2) is 109 Å². The van der Waals surface area contributed by atoms with Crippen LogP contribution in [0.3, 0.4) is 0 Å². The van der Waals surface area contributed by atoms with Crippen LogP contribution in [-0.2, 0) is 0 Å². The van der Waals surface area contributed by atoms with Gasteiger partial charge in [0.2, 0.25) is 0 Å². The van der Waals surface area contributed by atoms with E-state index in [-0.39, 0.29) is 0 Å². The van der Waals surface area contributed by atoms with Crippen molar-refractivity contribution in [3.63, 3.8) is 0 Å². The Bertz CT molecular complexity index is 2400. The van der Waals surface area contributed by atoms with E-state index in [4.69, 9.17) is 0 Å². The van der Waals surface area contributed by atoms with Crippen molar-refractivity contribution in [3.05, 3.63) is 131 Å². The topological polar surface area (TPSA) is 0 Å². The zero-order chi connectivity index (χ0) is 38.8. The Hall–Kier alpha value is -4.43. The van der Waals surface area contributed by atoms with Crippen molar-refractivity contribution in [1.82, 2.24) is 0 Å². The van der Waals surface area contributed by atoms with Crippen molar-refractivity contribution in [2.24, 2.45) is 0 Å². The standard InChI is InChI=1S/C50H54Si4/c1-51(2,3)47-31-37-27-43-41(25-23-35-19-15-13-16-20-35)45-29-39-33-49(53(7,8)9)50(54(10,11)12)34-40(39)30-46(45)42(26-24-36-21-17-14-18-22-36)44(43)28-38(37)32-48(47)52(4,5)6/h13-22,27-34H,1-12H3. The van der Waals surface area contributed by atoms with Crippen LogP contribution < -0.4 is 20.7 Å². The molecule has 0 aliphatic rings. The summed E-state index contributed by atoms with van der Waals surface area (Å²) in [6.07, 6.45) is 0. The van der Waals surface area contributed by atoms with Gasteiger partial charge in [0.05, 0.1) is 32.3 Å². The zero-order valence-electron chi connectivity index (χ0n) is 34.4. The fourth-order valence-electron chi connectivity index (χ4n) is 7.88. The maximum atomic E-state index is 3.77. The molecular formula is C50H54Si4. The van der Waals surface area contributed by atoms with E-state index >= 15 is 0 Å². The van der Waals surface area contributed by atoms with Crippen molar-refractivity contribution in [2.75, 3.05) is 0 Å². The van der Waals surface area contributed by atoms with Crippen LogP contribution in [0.5, 0.6) is 0 Å². The van der Waals surface area contributed by atoms with Gasteiger partial charge in [-0.25, -0.2) is 0 Å². The quantitative estimate of drug-likeness (QED) is 0.0951. The van der Waals surface area contributed by atoms with Gasteiger partial charge in [-0.15, -0.1) is 0 Å². The molecule has 0 spiro atoms. The van der Waals surface area contributed by atoms with Crippen LogP contribution in [0.4, 0.5) is 0 Å². The van der Waals surface area contributed by atoms with Gasteiger partial charge >= 0.3 is 0 Å². The molecule has 0 aromatic heterocycles. The Kier molecular flexibility index (Phi) is 9.61. The van der Waals surface area contributed by atoms with Crippen molar-refractivity contribution < 1.29 is 0 Å². The maximum Gasteiger partial charge on any atom is 0.0774 e. The third kappa shape index (κ3) is 7.46. The molecule has 0 aliphatic carbocycles. The summed E-state index contributed by atoms with van der Waals surface area (Å²) < 4.78 is 0. The molecule has 0 aliphatic heterocycles. The van der Waals surface area contributed by atoms with Gasteiger partial charge in [0, 0.05) is 22.3 Å². The Morgan fingerprint density at radius 1 is 0.296 bits per heavy atom. The molecule has 270 valence electrons. The highest BCUT2D eigenvalue weighted by Crippen LogP contribution is 2.37. The van der Waals surface area contributed by atoms with Crippen LogP contribution >= 0.6 is 0 Å². The van der Waals surface area contributed by atoms with E-state index in [1.165, 1.54) is 43.1 Å². The van der Waals surface area contributed by atoms with E-state index in [1.54, 1.807) is 20.7 Å². The second-order valence-corrected chi connectivity index (χ2v) is 39.4. The van der Waals surface area contributed by atoms with Crippen molar-refractivity contribution in [3.8, 4) is 23.7 Å². The minimum absolute atomic E-state index is 1.02. The first-order valence-electron chi connectivity index (χ1n) is 19.4. The first-order chi connectivity index (χ1) is 25.3. The summed E-state index contributed by atoms with van der Waals surface area (Å²) in [5.74, 6) is 14.7. The molecule has 7 aromatic rings. The van der Waals surface area contributed by atoms with Gasteiger partial charge < -0.3 is 0 Å². The minimum Gasteiger partial charge on any atom is -0.0656 e. The fourth-order valence-corrected chi connectivity index (χ4v) is 18.3. The molecule has 0 saturated carbocycles. The molecule has 0 radical (unpaired) electrons. The summed E-state index contributed by atoms with van der Waals surface area (Å²) in [6.45, 7) is 29.9. The molecule has 0 saturated heterocycles. The lowest BCUT2D eigenvalue weighted by Gasteiger charge is -2.29. The largest absolute Gasteiger partial charge is 0.0774 e. The fraction of sp³-hybridized carbons (Fsp3) is 0.240. The second-order valence-electron chi connectivity index (χ2n) is 19.3. The Labute approximate surface area is 328 Å². The second kappa shape index (κ2) is 13.7. The molecule has 0 heterocycles. The van der Waals surface area contributed by atoms with Gasteiger partial charge in [-0.1, -0.05) is 184 Å². The van der Waals surface area contributed by atoms with Gasteiger partial charge in [-0.05, 0) is 91.6 Å². The minimum atomic E-state index is -1.63. The molecule has 54 heavy (non-hydrogen) atoms. The van der Waals surface area contributed by atoms with E-state index in [0.717, 1.165) is 22.3 Å². The van der Waals surface area contributed by atoms with Gasteiger partial charge in [-0.2, -0.15) is 0 Å². The third-order valence-electron chi connectivity index (χ3n) is 10.7. The summed E-state index contributed by atoms with van der Waals surface area (Å²) >= 11 is 0. The van der Waals surface area contributed by atoms with Crippen LogP contribution in [0.25, 0.3) is 43.1 Å². The predicted molar refractivity (Wildman–Crippen MR) is 253 cm³/mol. The van der Waals surface area contributed by atoms with Crippen LogP contribution in [-0.4, -0.2) is 32.3 Å².